The maximum atomic E-state index is 12.6. The van der Waals surface area contributed by atoms with Crippen LogP contribution >= 0.6 is 34.4 Å². The van der Waals surface area contributed by atoms with Gasteiger partial charge in [-0.1, -0.05) is 47.7 Å². The summed E-state index contributed by atoms with van der Waals surface area (Å²) in [6, 6.07) is 15.5. The number of hydrogen-bond donors (Lipinski definition) is 0. The quantitative estimate of drug-likeness (QED) is 0.574. The lowest BCUT2D eigenvalue weighted by molar-refractivity contribution is -0.117. The zero-order valence-electron chi connectivity index (χ0n) is 15.2. The lowest BCUT2D eigenvalue weighted by atomic mass is 10.1. The van der Waals surface area contributed by atoms with Crippen molar-refractivity contribution in [3.63, 3.8) is 0 Å². The van der Waals surface area contributed by atoms with Gasteiger partial charge in [0.1, 0.15) is 0 Å². The second kappa shape index (κ2) is 7.79. The highest BCUT2D eigenvalue weighted by molar-refractivity contribution is 14.1. The first-order chi connectivity index (χ1) is 13.3. The van der Waals surface area contributed by atoms with Gasteiger partial charge in [-0.05, 0) is 53.3 Å². The van der Waals surface area contributed by atoms with Crippen LogP contribution in [0.15, 0.2) is 53.5 Å². The second-order valence-electron chi connectivity index (χ2n) is 7.10. The van der Waals surface area contributed by atoms with E-state index in [4.69, 9.17) is 0 Å². The predicted molar refractivity (Wildman–Crippen MR) is 123 cm³/mol. The number of halogens is 1. The Labute approximate surface area is 182 Å². The summed E-state index contributed by atoms with van der Waals surface area (Å²) in [4.78, 5) is 18.9. The summed E-state index contributed by atoms with van der Waals surface area (Å²) in [5.41, 5.74) is 2.95. The van der Waals surface area contributed by atoms with Crippen molar-refractivity contribution in [3.8, 4) is 0 Å². The summed E-state index contributed by atoms with van der Waals surface area (Å²) in [5, 5.41) is 0.512. The van der Waals surface area contributed by atoms with Crippen LogP contribution in [-0.4, -0.2) is 42.3 Å². The number of aryl methyl sites for hydroxylation is 1. The predicted octanol–water partition coefficient (Wildman–Crippen LogP) is 3.44. The number of rotatable bonds is 3. The minimum absolute atomic E-state index is 0.0891. The molecular formula is C20H19IN2O3S2. The first-order valence-corrected chi connectivity index (χ1v) is 12.7. The normalized spacial score (nSPS) is 24.5. The Morgan fingerprint density at radius 2 is 1.96 bits per heavy atom. The van der Waals surface area contributed by atoms with E-state index in [9.17, 15) is 13.2 Å². The number of nitrogens with zero attached hydrogens (tertiary/aromatic N) is 2. The molecule has 2 heterocycles. The van der Waals surface area contributed by atoms with Gasteiger partial charge in [0.05, 0.1) is 24.0 Å². The topological polar surface area (TPSA) is 66.8 Å². The van der Waals surface area contributed by atoms with E-state index in [1.165, 1.54) is 11.8 Å². The summed E-state index contributed by atoms with van der Waals surface area (Å²) >= 11 is 3.64. The molecule has 0 N–H and O–H groups in total. The number of anilines is 1. The third kappa shape index (κ3) is 4.28. The molecule has 0 aliphatic carbocycles. The zero-order chi connectivity index (χ0) is 19.9. The number of amides is 1. The molecule has 0 radical (unpaired) electrons. The van der Waals surface area contributed by atoms with Gasteiger partial charge < -0.3 is 4.90 Å². The molecule has 2 aromatic rings. The van der Waals surface area contributed by atoms with Crippen LogP contribution in [0.25, 0.3) is 0 Å². The summed E-state index contributed by atoms with van der Waals surface area (Å²) in [6.45, 7) is 2.01. The van der Waals surface area contributed by atoms with Crippen LogP contribution in [0, 0.1) is 10.5 Å². The Hall–Kier alpha value is -1.39. The number of amidine groups is 1. The molecule has 2 aliphatic heterocycles. The van der Waals surface area contributed by atoms with Crippen LogP contribution < -0.4 is 4.90 Å². The monoisotopic (exact) mass is 526 g/mol. The lowest BCUT2D eigenvalue weighted by Gasteiger charge is -2.24. The second-order valence-corrected chi connectivity index (χ2v) is 11.7. The van der Waals surface area contributed by atoms with Crippen molar-refractivity contribution in [3.05, 3.63) is 63.2 Å². The molecule has 0 unspecified atom stereocenters. The number of fused-ring (bicyclic) bond motifs is 1. The average Bonchev–Trinajstić information content (AvgIpc) is 3.07. The number of aliphatic imine (C=N–C) groups is 1. The maximum absolute atomic E-state index is 12.6. The summed E-state index contributed by atoms with van der Waals surface area (Å²) in [6.07, 6.45) is 0.234. The zero-order valence-corrected chi connectivity index (χ0v) is 19.0. The van der Waals surface area contributed by atoms with Crippen molar-refractivity contribution in [2.75, 3.05) is 16.4 Å². The molecule has 4 rings (SSSR count). The van der Waals surface area contributed by atoms with Crippen molar-refractivity contribution >= 4 is 61.0 Å². The molecule has 2 aromatic carbocycles. The van der Waals surface area contributed by atoms with E-state index in [1.54, 1.807) is 0 Å². The third-order valence-corrected chi connectivity index (χ3v) is 8.73. The minimum atomic E-state index is -3.07. The first kappa shape index (κ1) is 19.9. The van der Waals surface area contributed by atoms with Gasteiger partial charge in [0.2, 0.25) is 0 Å². The summed E-state index contributed by atoms with van der Waals surface area (Å²) < 4.78 is 25.3. The van der Waals surface area contributed by atoms with Crippen molar-refractivity contribution in [2.24, 2.45) is 4.99 Å². The fourth-order valence-corrected chi connectivity index (χ4v) is 7.98. The molecule has 0 saturated carbocycles. The van der Waals surface area contributed by atoms with Crippen molar-refractivity contribution < 1.29 is 13.2 Å². The molecule has 0 aromatic heterocycles. The van der Waals surface area contributed by atoms with Crippen LogP contribution in [0.3, 0.4) is 0 Å². The SMILES string of the molecule is Cc1ccc(CC(=O)N=C2S[C@H]3CS(=O)(=O)C[C@H]3N2c2cccc(I)c2)cc1. The number of carbonyl (C=O) groups is 1. The van der Waals surface area contributed by atoms with E-state index in [1.807, 2.05) is 60.4 Å². The van der Waals surface area contributed by atoms with Gasteiger partial charge in [-0.15, -0.1) is 0 Å². The number of hydrogen-bond acceptors (Lipinski definition) is 4. The van der Waals surface area contributed by atoms with Gasteiger partial charge in [0.15, 0.2) is 15.0 Å². The fourth-order valence-electron chi connectivity index (χ4n) is 3.52. The van der Waals surface area contributed by atoms with Crippen LogP contribution in [0.1, 0.15) is 11.1 Å². The van der Waals surface area contributed by atoms with E-state index < -0.39 is 9.84 Å². The van der Waals surface area contributed by atoms with E-state index in [0.717, 1.165) is 20.4 Å². The molecular weight excluding hydrogens is 507 g/mol. The van der Waals surface area contributed by atoms with E-state index in [2.05, 4.69) is 27.6 Å². The van der Waals surface area contributed by atoms with Crippen molar-refractivity contribution in [2.45, 2.75) is 24.6 Å². The third-order valence-electron chi connectivity index (χ3n) is 4.85. The number of benzene rings is 2. The van der Waals surface area contributed by atoms with Crippen LogP contribution in [-0.2, 0) is 21.1 Å². The Morgan fingerprint density at radius 3 is 2.68 bits per heavy atom. The highest BCUT2D eigenvalue weighted by Gasteiger charge is 2.49. The molecule has 28 heavy (non-hydrogen) atoms. The van der Waals surface area contributed by atoms with E-state index in [0.29, 0.717) is 5.17 Å². The smallest absolute Gasteiger partial charge is 0.252 e. The number of thioether (sulfide) groups is 1. The standard InChI is InChI=1S/C20H19IN2O3S2/c1-13-5-7-14(8-6-13)9-19(24)22-20-23(16-4-2-3-15(21)10-16)17-11-28(25,26)12-18(17)27-20/h2-8,10,17-18H,9,11-12H2,1H3/t17-,18+/m1/s1. The number of carbonyl (C=O) groups excluding carboxylic acids is 1. The minimum Gasteiger partial charge on any atom is -0.316 e. The maximum Gasteiger partial charge on any atom is 0.252 e. The molecule has 2 aliphatic rings. The molecule has 2 fully saturated rings. The Bertz CT molecular complexity index is 1050. The summed E-state index contributed by atoms with van der Waals surface area (Å²) in [7, 11) is -3.07. The first-order valence-electron chi connectivity index (χ1n) is 8.90. The van der Waals surface area contributed by atoms with Gasteiger partial charge >= 0.3 is 0 Å². The van der Waals surface area contributed by atoms with Gasteiger partial charge in [0, 0.05) is 14.5 Å². The highest BCUT2D eigenvalue weighted by atomic mass is 127. The van der Waals surface area contributed by atoms with Crippen molar-refractivity contribution in [1.82, 2.24) is 0 Å². The molecule has 0 bridgehead atoms. The van der Waals surface area contributed by atoms with Crippen LogP contribution in [0.5, 0.6) is 0 Å². The van der Waals surface area contributed by atoms with E-state index in [-0.39, 0.29) is 35.1 Å². The van der Waals surface area contributed by atoms with Gasteiger partial charge in [-0.25, -0.2) is 8.42 Å². The highest BCUT2D eigenvalue weighted by Crippen LogP contribution is 2.41. The van der Waals surface area contributed by atoms with Gasteiger partial charge in [-0.2, -0.15) is 4.99 Å². The molecule has 0 spiro atoms. The van der Waals surface area contributed by atoms with Gasteiger partial charge in [-0.3, -0.25) is 4.79 Å². The largest absolute Gasteiger partial charge is 0.316 e. The Balaban J connectivity index is 1.63. The fraction of sp³-hybridized carbons (Fsp3) is 0.300. The Morgan fingerprint density at radius 1 is 1.21 bits per heavy atom. The molecule has 146 valence electrons. The van der Waals surface area contributed by atoms with E-state index >= 15 is 0 Å². The Kier molecular flexibility index (Phi) is 5.54. The number of sulfone groups is 1. The average molecular weight is 526 g/mol. The van der Waals surface area contributed by atoms with Gasteiger partial charge in [0.25, 0.3) is 5.91 Å². The van der Waals surface area contributed by atoms with Crippen molar-refractivity contribution in [1.29, 1.82) is 0 Å². The molecule has 1 amide bonds. The molecule has 2 saturated heterocycles. The lowest BCUT2D eigenvalue weighted by Crippen LogP contribution is -2.37. The molecule has 2 atom stereocenters. The van der Waals surface area contributed by atoms with Crippen LogP contribution in [0.4, 0.5) is 5.69 Å². The van der Waals surface area contributed by atoms with Crippen LogP contribution in [0.2, 0.25) is 0 Å². The molecule has 5 nitrogen and oxygen atoms in total. The summed E-state index contributed by atoms with van der Waals surface area (Å²) in [5.74, 6) is 0.0136. The molecule has 8 heteroatoms.